The zero-order chi connectivity index (χ0) is 20.2. The van der Waals surface area contributed by atoms with Crippen molar-refractivity contribution in [1.29, 1.82) is 0 Å². The summed E-state index contributed by atoms with van der Waals surface area (Å²) in [6.07, 6.45) is 3.69. The van der Waals surface area contributed by atoms with Gasteiger partial charge in [0, 0.05) is 23.6 Å². The van der Waals surface area contributed by atoms with Gasteiger partial charge < -0.3 is 4.42 Å². The lowest BCUT2D eigenvalue weighted by atomic mass is 10.0. The highest BCUT2D eigenvalue weighted by Crippen LogP contribution is 2.39. The summed E-state index contributed by atoms with van der Waals surface area (Å²) in [5, 5.41) is 4.52. The van der Waals surface area contributed by atoms with Crippen LogP contribution in [0.3, 0.4) is 0 Å². The zero-order valence-corrected chi connectivity index (χ0v) is 16.5. The zero-order valence-electron chi connectivity index (χ0n) is 15.6. The number of halogens is 1. The van der Waals surface area contributed by atoms with Crippen molar-refractivity contribution in [3.8, 4) is 11.3 Å². The number of sulfonamides is 1. The number of anilines is 1. The summed E-state index contributed by atoms with van der Waals surface area (Å²) in [6.45, 7) is 0.447. The Morgan fingerprint density at radius 3 is 2.62 bits per heavy atom. The van der Waals surface area contributed by atoms with Gasteiger partial charge in [0.15, 0.2) is 5.76 Å². The Kier molecular flexibility index (Phi) is 3.97. The van der Waals surface area contributed by atoms with E-state index < -0.39 is 10.0 Å². The Hall–Kier alpha value is -3.16. The lowest BCUT2D eigenvalue weighted by Crippen LogP contribution is -2.30. The molecule has 0 radical (unpaired) electrons. The van der Waals surface area contributed by atoms with E-state index in [0.29, 0.717) is 35.0 Å². The van der Waals surface area contributed by atoms with E-state index in [1.165, 1.54) is 22.7 Å². The average Bonchev–Trinajstić information content (AvgIpc) is 2.83. The van der Waals surface area contributed by atoms with E-state index in [9.17, 15) is 12.8 Å². The lowest BCUT2D eigenvalue weighted by molar-refractivity contribution is -0.140. The molecule has 0 amide bonds. The highest BCUT2D eigenvalue weighted by atomic mass is 32.2. The summed E-state index contributed by atoms with van der Waals surface area (Å²) < 4.78 is 45.7. The molecule has 0 bridgehead atoms. The van der Waals surface area contributed by atoms with Crippen LogP contribution in [0.1, 0.15) is 24.0 Å². The van der Waals surface area contributed by atoms with Gasteiger partial charge in [0.25, 0.3) is 0 Å². The molecule has 2 aliphatic heterocycles. The van der Waals surface area contributed by atoms with Gasteiger partial charge in [-0.1, -0.05) is 0 Å². The molecule has 29 heavy (non-hydrogen) atoms. The van der Waals surface area contributed by atoms with Crippen LogP contribution in [0.25, 0.3) is 22.3 Å². The largest absolute Gasteiger partial charge is 0.455 e. The van der Waals surface area contributed by atoms with Crippen molar-refractivity contribution in [2.24, 2.45) is 5.22 Å². The molecule has 7 nitrogen and oxygen atoms in total. The first kappa shape index (κ1) is 17.9. The molecule has 9 heteroatoms. The molecule has 0 spiro atoms. The van der Waals surface area contributed by atoms with Crippen LogP contribution in [-0.2, 0) is 16.4 Å². The first-order chi connectivity index (χ1) is 13.9. The van der Waals surface area contributed by atoms with Crippen molar-refractivity contribution in [2.75, 3.05) is 17.1 Å². The minimum Gasteiger partial charge on any atom is -0.455 e. The van der Waals surface area contributed by atoms with E-state index in [2.05, 4.69) is 15.4 Å². The fraction of sp³-hybridized carbons (Fsp3) is 0.250. The van der Waals surface area contributed by atoms with Crippen LogP contribution < -0.4 is 9.73 Å². The second-order valence-electron chi connectivity index (χ2n) is 7.24. The summed E-state index contributed by atoms with van der Waals surface area (Å²) in [7, 11) is -3.40. The third kappa shape index (κ3) is 2.99. The van der Waals surface area contributed by atoms with Crippen molar-refractivity contribution in [3.63, 3.8) is 0 Å². The molecule has 2 aromatic carbocycles. The van der Waals surface area contributed by atoms with E-state index in [-0.39, 0.29) is 5.82 Å². The third-order valence-corrected chi connectivity index (χ3v) is 6.44. The molecule has 0 unspecified atom stereocenters. The molecule has 1 N–H and O–H groups in total. The van der Waals surface area contributed by atoms with Gasteiger partial charge in [-0.2, -0.15) is 0 Å². The van der Waals surface area contributed by atoms with Gasteiger partial charge in [-0.3, -0.25) is 4.31 Å². The van der Waals surface area contributed by atoms with Crippen LogP contribution in [0.5, 0.6) is 0 Å². The molecule has 0 saturated heterocycles. The maximum Gasteiger partial charge on any atom is 0.377 e. The number of rotatable bonds is 3. The lowest BCUT2D eigenvalue weighted by Gasteiger charge is -2.22. The van der Waals surface area contributed by atoms with Gasteiger partial charge in [-0.05, 0) is 55.2 Å². The minimum absolute atomic E-state index is 0.337. The van der Waals surface area contributed by atoms with E-state index in [1.54, 1.807) is 18.2 Å². The van der Waals surface area contributed by atoms with E-state index >= 15 is 0 Å². The van der Waals surface area contributed by atoms with Crippen molar-refractivity contribution in [3.05, 3.63) is 53.3 Å². The molecular formula is C20H18FN4O3S+. The number of hydrogen-bond acceptors (Lipinski definition) is 5. The number of hydrogen-bond donors (Lipinski definition) is 1. The summed E-state index contributed by atoms with van der Waals surface area (Å²) in [4.78, 5) is 4.04. The minimum atomic E-state index is -3.40. The first-order valence-corrected chi connectivity index (χ1v) is 11.1. The van der Waals surface area contributed by atoms with Crippen LogP contribution in [-0.4, -0.2) is 31.8 Å². The van der Waals surface area contributed by atoms with E-state index in [1.807, 2.05) is 6.07 Å². The number of nitrogens with zero attached hydrogens (tertiary/aromatic N) is 3. The predicted octanol–water partition coefficient (Wildman–Crippen LogP) is 3.27. The number of furan rings is 1. The molecule has 0 fully saturated rings. The predicted molar refractivity (Wildman–Crippen MR) is 107 cm³/mol. The normalized spacial score (nSPS) is 16.1. The Bertz CT molecular complexity index is 1310. The topological polar surface area (TPSA) is 89.0 Å². The van der Waals surface area contributed by atoms with Gasteiger partial charge >= 0.3 is 5.84 Å². The molecule has 0 saturated carbocycles. The van der Waals surface area contributed by atoms with Gasteiger partial charge in [0.1, 0.15) is 22.2 Å². The molecule has 2 aliphatic rings. The molecule has 1 aromatic heterocycles. The monoisotopic (exact) mass is 413 g/mol. The van der Waals surface area contributed by atoms with Crippen LogP contribution in [0.15, 0.2) is 46.0 Å². The van der Waals surface area contributed by atoms with Gasteiger partial charge in [0.05, 0.1) is 11.9 Å². The molecule has 148 valence electrons. The molecule has 0 atom stereocenters. The molecule has 5 rings (SSSR count). The molecule has 3 heterocycles. The average molecular weight is 413 g/mol. The van der Waals surface area contributed by atoms with E-state index in [4.69, 9.17) is 4.42 Å². The fourth-order valence-corrected chi connectivity index (χ4v) is 4.88. The van der Waals surface area contributed by atoms with Crippen molar-refractivity contribution >= 4 is 32.5 Å². The Labute approximate surface area is 166 Å². The second-order valence-corrected chi connectivity index (χ2v) is 9.15. The van der Waals surface area contributed by atoms with Crippen molar-refractivity contribution < 1.29 is 22.0 Å². The highest BCUT2D eigenvalue weighted by Gasteiger charge is 2.31. The summed E-state index contributed by atoms with van der Waals surface area (Å²) in [5.41, 5.74) is 6.40. The third-order valence-electron chi connectivity index (χ3n) is 5.26. The fourth-order valence-electron chi connectivity index (χ4n) is 3.89. The second kappa shape index (κ2) is 6.43. The van der Waals surface area contributed by atoms with Crippen LogP contribution >= 0.6 is 0 Å². The Morgan fingerprint density at radius 2 is 1.97 bits per heavy atom. The molecular weight excluding hydrogens is 395 g/mol. The van der Waals surface area contributed by atoms with Crippen molar-refractivity contribution in [1.82, 2.24) is 5.43 Å². The van der Waals surface area contributed by atoms with Gasteiger partial charge in [0.2, 0.25) is 10.0 Å². The molecule has 0 aliphatic carbocycles. The SMILES string of the molecule is CS(=O)(=O)N1CCCCc2cc3c(C4=[N+]=NN4)c(-c4ccc(F)cc4)oc3cc21. The maximum atomic E-state index is 13.4. The van der Waals surface area contributed by atoms with E-state index in [0.717, 1.165) is 35.8 Å². The van der Waals surface area contributed by atoms with Crippen LogP contribution in [0.4, 0.5) is 10.1 Å². The highest BCUT2D eigenvalue weighted by molar-refractivity contribution is 7.92. The van der Waals surface area contributed by atoms with Crippen LogP contribution in [0.2, 0.25) is 0 Å². The molecule has 3 aromatic rings. The number of nitrogens with one attached hydrogen (secondary N) is 1. The standard InChI is InChI=1S/C20H17FN4O3S/c1-29(26,27)25-9-3-2-4-13-10-15-17(11-16(13)25)28-19(18(15)20-22-24-23-20)12-5-7-14(21)8-6-12/h5-8,10-11H,2-4,9H2,1H3/p+1. The van der Waals surface area contributed by atoms with Crippen molar-refractivity contribution in [2.45, 2.75) is 19.3 Å². The number of fused-ring (bicyclic) bond motifs is 2. The number of amidine groups is 1. The number of aryl methyl sites for hydroxylation is 1. The summed E-state index contributed by atoms with van der Waals surface area (Å²) in [5.74, 6) is 0.764. The Morgan fingerprint density at radius 1 is 1.21 bits per heavy atom. The van der Waals surface area contributed by atoms with Gasteiger partial charge in [-0.25, -0.2) is 12.8 Å². The first-order valence-electron chi connectivity index (χ1n) is 9.29. The maximum absolute atomic E-state index is 13.4. The summed E-state index contributed by atoms with van der Waals surface area (Å²) >= 11 is 0. The van der Waals surface area contributed by atoms with Crippen LogP contribution in [0, 0.1) is 5.82 Å². The van der Waals surface area contributed by atoms with Gasteiger partial charge in [-0.15, -0.1) is 10.2 Å². The summed E-state index contributed by atoms with van der Waals surface area (Å²) in [6, 6.07) is 9.77. The smallest absolute Gasteiger partial charge is 0.377 e. The Balaban J connectivity index is 1.78. The quantitative estimate of drug-likeness (QED) is 0.668. The number of benzene rings is 2.